The quantitative estimate of drug-likeness (QED) is 0.329. The molecule has 1 saturated heterocycles. The summed E-state index contributed by atoms with van der Waals surface area (Å²) < 4.78 is 10.9. The number of ether oxygens (including phenoxy) is 2. The predicted molar refractivity (Wildman–Crippen MR) is 120 cm³/mol. The molecule has 2 aromatic carbocycles. The zero-order valence-electron chi connectivity index (χ0n) is 17.2. The third-order valence-electron chi connectivity index (χ3n) is 4.55. The largest absolute Gasteiger partial charge is 0.494 e. The lowest BCUT2D eigenvalue weighted by Gasteiger charge is -2.11. The maximum Gasteiger partial charge on any atom is 0.329 e. The van der Waals surface area contributed by atoms with Gasteiger partial charge >= 0.3 is 11.8 Å². The SMILES string of the molecule is CCOc1ccc(Nc2ccc(Cl)cc2/C=N\NC(=O)C(=O)NC[C@@H]2CCCO2)cc1. The Morgan fingerprint density at radius 3 is 2.74 bits per heavy atom. The van der Waals surface area contributed by atoms with Crippen molar-refractivity contribution in [3.8, 4) is 5.75 Å². The Labute approximate surface area is 186 Å². The van der Waals surface area contributed by atoms with Crippen LogP contribution in [0.1, 0.15) is 25.3 Å². The van der Waals surface area contributed by atoms with Gasteiger partial charge in [-0.05, 0) is 62.2 Å². The van der Waals surface area contributed by atoms with Crippen LogP contribution in [0.25, 0.3) is 0 Å². The Hall–Kier alpha value is -3.10. The molecule has 2 amide bonds. The lowest BCUT2D eigenvalue weighted by molar-refractivity contribution is -0.139. The number of amides is 2. The van der Waals surface area contributed by atoms with E-state index in [-0.39, 0.29) is 6.10 Å². The average Bonchev–Trinajstić information content (AvgIpc) is 3.29. The van der Waals surface area contributed by atoms with Gasteiger partial charge in [0.05, 0.1) is 18.9 Å². The van der Waals surface area contributed by atoms with Gasteiger partial charge in [0.25, 0.3) is 0 Å². The van der Waals surface area contributed by atoms with Gasteiger partial charge in [-0.2, -0.15) is 5.10 Å². The molecule has 0 spiro atoms. The summed E-state index contributed by atoms with van der Waals surface area (Å²) in [7, 11) is 0. The van der Waals surface area contributed by atoms with Crippen molar-refractivity contribution >= 4 is 41.0 Å². The Kier molecular flexibility index (Phi) is 8.26. The second-order valence-corrected chi connectivity index (χ2v) is 7.29. The van der Waals surface area contributed by atoms with Gasteiger partial charge in [-0.15, -0.1) is 0 Å². The van der Waals surface area contributed by atoms with Crippen LogP contribution < -0.4 is 20.8 Å². The van der Waals surface area contributed by atoms with E-state index in [1.807, 2.05) is 31.2 Å². The normalized spacial score (nSPS) is 15.6. The molecular weight excluding hydrogens is 420 g/mol. The molecule has 2 aromatic rings. The lowest BCUT2D eigenvalue weighted by atomic mass is 10.2. The number of hydrazone groups is 1. The van der Waals surface area contributed by atoms with Crippen molar-refractivity contribution in [1.29, 1.82) is 0 Å². The number of hydrogen-bond donors (Lipinski definition) is 3. The highest BCUT2D eigenvalue weighted by Gasteiger charge is 2.19. The zero-order chi connectivity index (χ0) is 22.1. The Morgan fingerprint density at radius 1 is 1.23 bits per heavy atom. The summed E-state index contributed by atoms with van der Waals surface area (Å²) in [4.78, 5) is 23.8. The van der Waals surface area contributed by atoms with Crippen LogP contribution in [-0.4, -0.2) is 43.9 Å². The van der Waals surface area contributed by atoms with Gasteiger partial charge in [0.2, 0.25) is 0 Å². The number of nitrogens with one attached hydrogen (secondary N) is 3. The molecule has 1 fully saturated rings. The van der Waals surface area contributed by atoms with Crippen molar-refractivity contribution in [2.24, 2.45) is 5.10 Å². The molecule has 1 aliphatic heterocycles. The number of anilines is 2. The molecule has 3 N–H and O–H groups in total. The summed E-state index contributed by atoms with van der Waals surface area (Å²) in [5, 5.41) is 10.2. The fourth-order valence-corrected chi connectivity index (χ4v) is 3.19. The van der Waals surface area contributed by atoms with Crippen molar-refractivity contribution in [2.75, 3.05) is 25.1 Å². The molecule has 1 aliphatic rings. The van der Waals surface area contributed by atoms with Gasteiger partial charge in [-0.1, -0.05) is 11.6 Å². The molecule has 0 bridgehead atoms. The van der Waals surface area contributed by atoms with Crippen molar-refractivity contribution in [2.45, 2.75) is 25.9 Å². The highest BCUT2D eigenvalue weighted by Crippen LogP contribution is 2.24. The third-order valence-corrected chi connectivity index (χ3v) is 4.78. The number of nitrogens with zero attached hydrogens (tertiary/aromatic N) is 1. The second kappa shape index (κ2) is 11.3. The van der Waals surface area contributed by atoms with Crippen LogP contribution in [0.2, 0.25) is 5.02 Å². The van der Waals surface area contributed by atoms with E-state index >= 15 is 0 Å². The minimum absolute atomic E-state index is 0.0389. The first kappa shape index (κ1) is 22.6. The van der Waals surface area contributed by atoms with Gasteiger partial charge in [0.15, 0.2) is 0 Å². The van der Waals surface area contributed by atoms with Crippen LogP contribution in [0.3, 0.4) is 0 Å². The van der Waals surface area contributed by atoms with E-state index in [4.69, 9.17) is 21.1 Å². The highest BCUT2D eigenvalue weighted by atomic mass is 35.5. The molecule has 0 unspecified atom stereocenters. The van der Waals surface area contributed by atoms with Gasteiger partial charge < -0.3 is 20.1 Å². The molecule has 1 heterocycles. The van der Waals surface area contributed by atoms with Crippen molar-refractivity contribution in [3.63, 3.8) is 0 Å². The number of benzene rings is 2. The predicted octanol–water partition coefficient (Wildman–Crippen LogP) is 3.23. The minimum Gasteiger partial charge on any atom is -0.494 e. The second-order valence-electron chi connectivity index (χ2n) is 6.86. The summed E-state index contributed by atoms with van der Waals surface area (Å²) in [6.45, 7) is 3.52. The van der Waals surface area contributed by atoms with E-state index in [9.17, 15) is 9.59 Å². The van der Waals surface area contributed by atoms with Gasteiger partial charge in [-0.25, -0.2) is 5.43 Å². The topological polar surface area (TPSA) is 101 Å². The molecule has 9 heteroatoms. The van der Waals surface area contributed by atoms with E-state index in [0.717, 1.165) is 30.0 Å². The molecule has 8 nitrogen and oxygen atoms in total. The summed E-state index contributed by atoms with van der Waals surface area (Å²) in [5.41, 5.74) is 4.45. The van der Waals surface area contributed by atoms with Crippen molar-refractivity contribution < 1.29 is 19.1 Å². The molecule has 3 rings (SSSR count). The molecular formula is C22H25ClN4O4. The number of carbonyl (C=O) groups excluding carboxylic acids is 2. The first-order valence-corrected chi connectivity index (χ1v) is 10.4. The monoisotopic (exact) mass is 444 g/mol. The summed E-state index contributed by atoms with van der Waals surface area (Å²) in [6.07, 6.45) is 3.22. The van der Waals surface area contributed by atoms with E-state index in [1.54, 1.807) is 18.2 Å². The van der Waals surface area contributed by atoms with Crippen LogP contribution >= 0.6 is 11.6 Å². The highest BCUT2D eigenvalue weighted by molar-refractivity contribution is 6.35. The molecule has 0 radical (unpaired) electrons. The number of rotatable bonds is 8. The maximum atomic E-state index is 11.9. The summed E-state index contributed by atoms with van der Waals surface area (Å²) in [6, 6.07) is 12.8. The molecule has 0 saturated carbocycles. The first-order chi connectivity index (χ1) is 15.0. The molecule has 31 heavy (non-hydrogen) atoms. The van der Waals surface area contributed by atoms with Gasteiger partial charge in [0.1, 0.15) is 5.75 Å². The van der Waals surface area contributed by atoms with Crippen LogP contribution in [0.15, 0.2) is 47.6 Å². The van der Waals surface area contributed by atoms with Crippen LogP contribution in [0, 0.1) is 0 Å². The van der Waals surface area contributed by atoms with Crippen LogP contribution in [-0.2, 0) is 14.3 Å². The number of halogens is 1. The van der Waals surface area contributed by atoms with Crippen molar-refractivity contribution in [1.82, 2.24) is 10.7 Å². The van der Waals surface area contributed by atoms with Crippen LogP contribution in [0.5, 0.6) is 5.75 Å². The van der Waals surface area contributed by atoms with Crippen LogP contribution in [0.4, 0.5) is 11.4 Å². The van der Waals surface area contributed by atoms with E-state index in [2.05, 4.69) is 21.2 Å². The Balaban J connectivity index is 1.58. The number of carbonyl (C=O) groups is 2. The lowest BCUT2D eigenvalue weighted by Crippen LogP contribution is -2.41. The fourth-order valence-electron chi connectivity index (χ4n) is 3.01. The van der Waals surface area contributed by atoms with Crippen molar-refractivity contribution in [3.05, 3.63) is 53.1 Å². The van der Waals surface area contributed by atoms with E-state index < -0.39 is 11.8 Å². The summed E-state index contributed by atoms with van der Waals surface area (Å²) in [5.74, 6) is -0.824. The first-order valence-electron chi connectivity index (χ1n) is 10.1. The van der Waals surface area contributed by atoms with Gasteiger partial charge in [-0.3, -0.25) is 9.59 Å². The Bertz CT molecular complexity index is 928. The zero-order valence-corrected chi connectivity index (χ0v) is 17.9. The summed E-state index contributed by atoms with van der Waals surface area (Å²) >= 11 is 6.10. The molecule has 164 valence electrons. The maximum absolute atomic E-state index is 11.9. The molecule has 0 aromatic heterocycles. The smallest absolute Gasteiger partial charge is 0.329 e. The molecule has 0 aliphatic carbocycles. The number of hydrogen-bond acceptors (Lipinski definition) is 6. The third kappa shape index (κ3) is 6.97. The molecule has 1 atom stereocenters. The van der Waals surface area contributed by atoms with E-state index in [1.165, 1.54) is 6.21 Å². The standard InChI is InChI=1S/C22H25ClN4O4/c1-2-30-18-8-6-17(7-9-18)26-20-10-5-16(23)12-15(20)13-25-27-22(29)21(28)24-14-19-4-3-11-31-19/h5-10,12-13,19,26H,2-4,11,14H2,1H3,(H,24,28)(H,27,29)/b25-13-/t19-/m0/s1. The minimum atomic E-state index is -0.850. The van der Waals surface area contributed by atoms with E-state index in [0.29, 0.717) is 30.3 Å². The average molecular weight is 445 g/mol. The Morgan fingerprint density at radius 2 is 2.03 bits per heavy atom. The van der Waals surface area contributed by atoms with Gasteiger partial charge in [0, 0.05) is 35.1 Å². The fraction of sp³-hybridized carbons (Fsp3) is 0.318.